The smallest absolute Gasteiger partial charge is 0.193 e. The molecule has 0 unspecified atom stereocenters. The van der Waals surface area contributed by atoms with Gasteiger partial charge in [0.2, 0.25) is 0 Å². The molecule has 0 aliphatic carbocycles. The van der Waals surface area contributed by atoms with E-state index in [1.807, 2.05) is 42.5 Å². The minimum Gasteiger partial charge on any atom is -0.370 e. The Morgan fingerprint density at radius 1 is 1.11 bits per heavy atom. The normalized spacial score (nSPS) is 11.2. The first-order valence-corrected chi connectivity index (χ1v) is 5.85. The summed E-state index contributed by atoms with van der Waals surface area (Å²) in [7, 11) is 0. The van der Waals surface area contributed by atoms with E-state index in [1.54, 1.807) is 12.4 Å². The van der Waals surface area contributed by atoms with E-state index in [4.69, 9.17) is 5.73 Å². The molecule has 0 spiro atoms. The summed E-state index contributed by atoms with van der Waals surface area (Å²) in [5.41, 5.74) is 7.95. The number of guanidine groups is 1. The summed E-state index contributed by atoms with van der Waals surface area (Å²) in [6.07, 6.45) is 4.43. The van der Waals surface area contributed by atoms with E-state index < -0.39 is 0 Å². The Labute approximate surface area is 107 Å². The standard InChI is InChI=1S/C14H16N4/c15-14(18-13-4-2-1-3-5-13)17-11-8-12-6-9-16-10-7-12/h1-7,9-10H,8,11H2,(H3,15,17,18). The molecular formula is C14H16N4. The Balaban J connectivity index is 1.83. The first-order chi connectivity index (χ1) is 8.84. The highest BCUT2D eigenvalue weighted by Gasteiger charge is 1.94. The van der Waals surface area contributed by atoms with Gasteiger partial charge in [-0.05, 0) is 36.2 Å². The number of aromatic nitrogens is 1. The summed E-state index contributed by atoms with van der Waals surface area (Å²) in [6.45, 7) is 0.662. The van der Waals surface area contributed by atoms with Crippen LogP contribution in [0.5, 0.6) is 0 Å². The van der Waals surface area contributed by atoms with Gasteiger partial charge in [-0.15, -0.1) is 0 Å². The van der Waals surface area contributed by atoms with Crippen LogP contribution in [0.1, 0.15) is 5.56 Å². The lowest BCUT2D eigenvalue weighted by molar-refractivity contribution is 0.960. The molecule has 4 nitrogen and oxygen atoms in total. The van der Waals surface area contributed by atoms with E-state index in [1.165, 1.54) is 5.56 Å². The average Bonchev–Trinajstić information content (AvgIpc) is 2.41. The highest BCUT2D eigenvalue weighted by atomic mass is 15.1. The predicted octanol–water partition coefficient (Wildman–Crippen LogP) is 2.05. The number of nitrogens with zero attached hydrogens (tertiary/aromatic N) is 2. The largest absolute Gasteiger partial charge is 0.370 e. The fraction of sp³-hybridized carbons (Fsp3) is 0.143. The number of anilines is 1. The summed E-state index contributed by atoms with van der Waals surface area (Å²) < 4.78 is 0. The molecule has 18 heavy (non-hydrogen) atoms. The topological polar surface area (TPSA) is 63.3 Å². The number of hydrogen-bond donors (Lipinski definition) is 2. The number of hydrogen-bond acceptors (Lipinski definition) is 2. The van der Waals surface area contributed by atoms with Crippen LogP contribution in [-0.2, 0) is 6.42 Å². The molecule has 0 aliphatic rings. The molecule has 0 saturated heterocycles. The maximum atomic E-state index is 5.80. The van der Waals surface area contributed by atoms with Gasteiger partial charge < -0.3 is 11.1 Å². The second kappa shape index (κ2) is 6.39. The van der Waals surface area contributed by atoms with Crippen molar-refractivity contribution in [2.24, 2.45) is 10.7 Å². The second-order valence-corrected chi connectivity index (χ2v) is 3.86. The fourth-order valence-corrected chi connectivity index (χ4v) is 1.56. The Kier molecular flexibility index (Phi) is 4.30. The van der Waals surface area contributed by atoms with Crippen LogP contribution in [0.3, 0.4) is 0 Å². The third kappa shape index (κ3) is 3.90. The van der Waals surface area contributed by atoms with Crippen molar-refractivity contribution in [3.8, 4) is 0 Å². The quantitative estimate of drug-likeness (QED) is 0.635. The molecule has 4 heteroatoms. The van der Waals surface area contributed by atoms with E-state index in [0.29, 0.717) is 12.5 Å². The van der Waals surface area contributed by atoms with Crippen molar-refractivity contribution in [2.45, 2.75) is 6.42 Å². The lowest BCUT2D eigenvalue weighted by atomic mass is 10.2. The Morgan fingerprint density at radius 2 is 1.83 bits per heavy atom. The van der Waals surface area contributed by atoms with Crippen molar-refractivity contribution in [3.63, 3.8) is 0 Å². The van der Waals surface area contributed by atoms with Crippen LogP contribution in [-0.4, -0.2) is 17.5 Å². The van der Waals surface area contributed by atoms with Crippen molar-refractivity contribution in [2.75, 3.05) is 11.9 Å². The Morgan fingerprint density at radius 3 is 2.56 bits per heavy atom. The zero-order valence-electron chi connectivity index (χ0n) is 10.1. The van der Waals surface area contributed by atoms with Crippen molar-refractivity contribution >= 4 is 11.6 Å². The maximum absolute atomic E-state index is 5.80. The maximum Gasteiger partial charge on any atom is 0.193 e. The van der Waals surface area contributed by atoms with Crippen molar-refractivity contribution in [1.82, 2.24) is 4.98 Å². The first kappa shape index (κ1) is 12.1. The van der Waals surface area contributed by atoms with Crippen LogP contribution in [0, 0.1) is 0 Å². The van der Waals surface area contributed by atoms with E-state index in [-0.39, 0.29) is 0 Å². The first-order valence-electron chi connectivity index (χ1n) is 5.85. The molecule has 0 atom stereocenters. The third-order valence-electron chi connectivity index (χ3n) is 2.48. The number of aliphatic imine (C=N–C) groups is 1. The molecular weight excluding hydrogens is 224 g/mol. The van der Waals surface area contributed by atoms with E-state index >= 15 is 0 Å². The highest BCUT2D eigenvalue weighted by molar-refractivity contribution is 5.92. The van der Waals surface area contributed by atoms with E-state index in [2.05, 4.69) is 15.3 Å². The molecule has 0 fully saturated rings. The van der Waals surface area contributed by atoms with Crippen molar-refractivity contribution < 1.29 is 0 Å². The molecule has 2 aromatic rings. The Bertz CT molecular complexity index is 494. The lowest BCUT2D eigenvalue weighted by Crippen LogP contribution is -2.23. The number of pyridine rings is 1. The predicted molar refractivity (Wildman–Crippen MR) is 74.5 cm³/mol. The molecule has 1 heterocycles. The minimum atomic E-state index is 0.440. The van der Waals surface area contributed by atoms with Gasteiger partial charge in [-0.1, -0.05) is 18.2 Å². The highest BCUT2D eigenvalue weighted by Crippen LogP contribution is 2.04. The number of nitrogens with two attached hydrogens (primary N) is 1. The van der Waals surface area contributed by atoms with Crippen molar-refractivity contribution in [1.29, 1.82) is 0 Å². The molecule has 0 aliphatic heterocycles. The Hall–Kier alpha value is -2.36. The van der Waals surface area contributed by atoms with Gasteiger partial charge in [0.1, 0.15) is 0 Å². The SMILES string of the molecule is NC(=NCCc1ccncc1)Nc1ccccc1. The molecule has 1 aromatic heterocycles. The molecule has 92 valence electrons. The molecule has 1 aromatic carbocycles. The van der Waals surface area contributed by atoms with Crippen LogP contribution >= 0.6 is 0 Å². The van der Waals surface area contributed by atoms with Gasteiger partial charge in [0.05, 0.1) is 0 Å². The van der Waals surface area contributed by atoms with Crippen molar-refractivity contribution in [3.05, 3.63) is 60.4 Å². The molecule has 0 bridgehead atoms. The monoisotopic (exact) mass is 240 g/mol. The van der Waals surface area contributed by atoms with Crippen LogP contribution in [0.2, 0.25) is 0 Å². The minimum absolute atomic E-state index is 0.440. The van der Waals surface area contributed by atoms with Gasteiger partial charge >= 0.3 is 0 Å². The second-order valence-electron chi connectivity index (χ2n) is 3.86. The summed E-state index contributed by atoms with van der Waals surface area (Å²) in [5, 5.41) is 3.04. The zero-order valence-corrected chi connectivity index (χ0v) is 10.1. The molecule has 0 saturated carbocycles. The van der Waals surface area contributed by atoms with Crippen LogP contribution in [0.25, 0.3) is 0 Å². The molecule has 3 N–H and O–H groups in total. The van der Waals surface area contributed by atoms with Gasteiger partial charge in [0.15, 0.2) is 5.96 Å². The van der Waals surface area contributed by atoms with Crippen LogP contribution in [0.15, 0.2) is 59.9 Å². The summed E-state index contributed by atoms with van der Waals surface area (Å²) >= 11 is 0. The van der Waals surface area contributed by atoms with E-state index in [0.717, 1.165) is 12.1 Å². The number of benzene rings is 1. The van der Waals surface area contributed by atoms with Gasteiger partial charge in [-0.3, -0.25) is 9.98 Å². The number of rotatable bonds is 4. The van der Waals surface area contributed by atoms with Gasteiger partial charge in [-0.2, -0.15) is 0 Å². The summed E-state index contributed by atoms with van der Waals surface area (Å²) in [4.78, 5) is 8.25. The fourth-order valence-electron chi connectivity index (χ4n) is 1.56. The molecule has 0 amide bonds. The summed E-state index contributed by atoms with van der Waals surface area (Å²) in [5.74, 6) is 0.440. The van der Waals surface area contributed by atoms with Gasteiger partial charge in [0, 0.05) is 24.6 Å². The average molecular weight is 240 g/mol. The summed E-state index contributed by atoms with van der Waals surface area (Å²) in [6, 6.07) is 13.7. The molecule has 0 radical (unpaired) electrons. The van der Waals surface area contributed by atoms with Gasteiger partial charge in [-0.25, -0.2) is 0 Å². The molecule has 2 rings (SSSR count). The number of nitrogens with one attached hydrogen (secondary N) is 1. The third-order valence-corrected chi connectivity index (χ3v) is 2.48. The lowest BCUT2D eigenvalue weighted by Gasteiger charge is -2.05. The van der Waals surface area contributed by atoms with Crippen LogP contribution in [0.4, 0.5) is 5.69 Å². The zero-order chi connectivity index (χ0) is 12.6. The van der Waals surface area contributed by atoms with Gasteiger partial charge in [0.25, 0.3) is 0 Å². The van der Waals surface area contributed by atoms with E-state index in [9.17, 15) is 0 Å². The van der Waals surface area contributed by atoms with Crippen LogP contribution < -0.4 is 11.1 Å². The number of para-hydroxylation sites is 1.